The molecule has 2 heterocycles. The SMILES string of the molecule is Cc1ccc(CC(=O)Nc2ccc(NCCN3CCOCC3)cn2)cc1. The van der Waals surface area contributed by atoms with Crippen LogP contribution in [0, 0.1) is 6.92 Å². The van der Waals surface area contributed by atoms with Gasteiger partial charge in [0.15, 0.2) is 0 Å². The van der Waals surface area contributed by atoms with Gasteiger partial charge in [0.1, 0.15) is 5.82 Å². The van der Waals surface area contributed by atoms with Gasteiger partial charge < -0.3 is 15.4 Å². The number of anilines is 2. The number of rotatable bonds is 7. The average molecular weight is 354 g/mol. The Balaban J connectivity index is 1.41. The van der Waals surface area contributed by atoms with Gasteiger partial charge in [-0.1, -0.05) is 29.8 Å². The van der Waals surface area contributed by atoms with Crippen molar-refractivity contribution in [1.29, 1.82) is 0 Å². The summed E-state index contributed by atoms with van der Waals surface area (Å²) in [5.41, 5.74) is 3.14. The molecule has 0 atom stereocenters. The van der Waals surface area contributed by atoms with E-state index in [9.17, 15) is 4.79 Å². The fraction of sp³-hybridized carbons (Fsp3) is 0.400. The normalized spacial score (nSPS) is 14.8. The van der Waals surface area contributed by atoms with Crippen molar-refractivity contribution in [2.24, 2.45) is 0 Å². The van der Waals surface area contributed by atoms with Gasteiger partial charge in [0, 0.05) is 26.2 Å². The largest absolute Gasteiger partial charge is 0.383 e. The number of morpholine rings is 1. The number of amides is 1. The molecule has 1 aromatic carbocycles. The van der Waals surface area contributed by atoms with Crippen molar-refractivity contribution in [2.75, 3.05) is 50.0 Å². The van der Waals surface area contributed by atoms with Gasteiger partial charge in [0.25, 0.3) is 0 Å². The van der Waals surface area contributed by atoms with Crippen molar-refractivity contribution >= 4 is 17.4 Å². The fourth-order valence-corrected chi connectivity index (χ4v) is 2.83. The molecular formula is C20H26N4O2. The third kappa shape index (κ3) is 5.82. The number of benzene rings is 1. The van der Waals surface area contributed by atoms with E-state index in [4.69, 9.17) is 4.74 Å². The maximum Gasteiger partial charge on any atom is 0.229 e. The van der Waals surface area contributed by atoms with E-state index in [0.29, 0.717) is 12.2 Å². The molecule has 2 aromatic rings. The summed E-state index contributed by atoms with van der Waals surface area (Å²) in [5.74, 6) is 0.509. The minimum Gasteiger partial charge on any atom is -0.383 e. The molecule has 1 saturated heterocycles. The van der Waals surface area contributed by atoms with Gasteiger partial charge in [-0.2, -0.15) is 0 Å². The van der Waals surface area contributed by atoms with Gasteiger partial charge in [0.05, 0.1) is 31.5 Å². The second-order valence-electron chi connectivity index (χ2n) is 6.52. The molecular weight excluding hydrogens is 328 g/mol. The van der Waals surface area contributed by atoms with Crippen LogP contribution in [0.5, 0.6) is 0 Å². The molecule has 0 radical (unpaired) electrons. The number of ether oxygens (including phenoxy) is 1. The lowest BCUT2D eigenvalue weighted by atomic mass is 10.1. The lowest BCUT2D eigenvalue weighted by Gasteiger charge is -2.26. The Bertz CT molecular complexity index is 695. The van der Waals surface area contributed by atoms with Gasteiger partial charge in [-0.25, -0.2) is 4.98 Å². The first-order valence-electron chi connectivity index (χ1n) is 9.04. The van der Waals surface area contributed by atoms with Crippen molar-refractivity contribution in [3.05, 3.63) is 53.7 Å². The summed E-state index contributed by atoms with van der Waals surface area (Å²) in [6.45, 7) is 7.50. The molecule has 1 aliphatic rings. The van der Waals surface area contributed by atoms with Crippen LogP contribution in [0.1, 0.15) is 11.1 Å². The summed E-state index contributed by atoms with van der Waals surface area (Å²) in [7, 11) is 0. The van der Waals surface area contributed by atoms with Crippen LogP contribution in [0.4, 0.5) is 11.5 Å². The molecule has 0 aliphatic carbocycles. The number of hydrogen-bond acceptors (Lipinski definition) is 5. The van der Waals surface area contributed by atoms with Crippen molar-refractivity contribution in [3.8, 4) is 0 Å². The Kier molecular flexibility index (Phi) is 6.57. The van der Waals surface area contributed by atoms with E-state index in [2.05, 4.69) is 20.5 Å². The van der Waals surface area contributed by atoms with E-state index in [0.717, 1.165) is 50.6 Å². The third-order valence-electron chi connectivity index (χ3n) is 4.38. The van der Waals surface area contributed by atoms with E-state index in [1.807, 2.05) is 43.3 Å². The standard InChI is InChI=1S/C20H26N4O2/c1-16-2-4-17(5-3-16)14-20(25)23-19-7-6-18(15-22-19)21-8-9-24-10-12-26-13-11-24/h2-7,15,21H,8-14H2,1H3,(H,22,23,25). The van der Waals surface area contributed by atoms with Gasteiger partial charge in [0.2, 0.25) is 5.91 Å². The van der Waals surface area contributed by atoms with E-state index in [-0.39, 0.29) is 5.91 Å². The molecule has 138 valence electrons. The summed E-state index contributed by atoms with van der Waals surface area (Å²) in [4.78, 5) is 18.8. The van der Waals surface area contributed by atoms with Crippen molar-refractivity contribution < 1.29 is 9.53 Å². The van der Waals surface area contributed by atoms with Crippen molar-refractivity contribution in [3.63, 3.8) is 0 Å². The summed E-state index contributed by atoms with van der Waals surface area (Å²) in [6, 6.07) is 11.7. The second kappa shape index (κ2) is 9.31. The topological polar surface area (TPSA) is 66.5 Å². The van der Waals surface area contributed by atoms with Gasteiger partial charge >= 0.3 is 0 Å². The first-order chi connectivity index (χ1) is 12.7. The zero-order chi connectivity index (χ0) is 18.2. The first-order valence-corrected chi connectivity index (χ1v) is 9.04. The molecule has 0 saturated carbocycles. The molecule has 1 aliphatic heterocycles. The highest BCUT2D eigenvalue weighted by molar-refractivity contribution is 5.91. The van der Waals surface area contributed by atoms with Crippen LogP contribution in [-0.2, 0) is 16.0 Å². The second-order valence-corrected chi connectivity index (χ2v) is 6.52. The van der Waals surface area contributed by atoms with Crippen LogP contribution < -0.4 is 10.6 Å². The van der Waals surface area contributed by atoms with Crippen LogP contribution >= 0.6 is 0 Å². The number of nitrogens with zero attached hydrogens (tertiary/aromatic N) is 2. The molecule has 1 aromatic heterocycles. The molecule has 0 unspecified atom stereocenters. The molecule has 1 fully saturated rings. The summed E-state index contributed by atoms with van der Waals surface area (Å²) in [5, 5.41) is 6.20. The molecule has 6 nitrogen and oxygen atoms in total. The number of carbonyl (C=O) groups excluding carboxylic acids is 1. The Labute approximate surface area is 154 Å². The molecule has 0 bridgehead atoms. The van der Waals surface area contributed by atoms with E-state index < -0.39 is 0 Å². The quantitative estimate of drug-likeness (QED) is 0.799. The summed E-state index contributed by atoms with van der Waals surface area (Å²) >= 11 is 0. The molecule has 1 amide bonds. The van der Waals surface area contributed by atoms with Gasteiger partial charge in [-0.3, -0.25) is 9.69 Å². The third-order valence-corrected chi connectivity index (χ3v) is 4.38. The molecule has 0 spiro atoms. The minimum absolute atomic E-state index is 0.0608. The van der Waals surface area contributed by atoms with Crippen LogP contribution in [0.15, 0.2) is 42.6 Å². The number of pyridine rings is 1. The maximum absolute atomic E-state index is 12.1. The van der Waals surface area contributed by atoms with Crippen LogP contribution in [0.2, 0.25) is 0 Å². The number of hydrogen-bond donors (Lipinski definition) is 2. The highest BCUT2D eigenvalue weighted by atomic mass is 16.5. The predicted molar refractivity (Wildman–Crippen MR) is 103 cm³/mol. The Morgan fingerprint density at radius 1 is 1.15 bits per heavy atom. The van der Waals surface area contributed by atoms with Crippen LogP contribution in [0.25, 0.3) is 0 Å². The fourth-order valence-electron chi connectivity index (χ4n) is 2.83. The highest BCUT2D eigenvalue weighted by Gasteiger charge is 2.09. The Morgan fingerprint density at radius 2 is 1.92 bits per heavy atom. The lowest BCUT2D eigenvalue weighted by molar-refractivity contribution is -0.115. The van der Waals surface area contributed by atoms with Gasteiger partial charge in [-0.15, -0.1) is 0 Å². The predicted octanol–water partition coefficient (Wildman–Crippen LogP) is 2.32. The number of aryl methyl sites for hydroxylation is 1. The highest BCUT2D eigenvalue weighted by Crippen LogP contribution is 2.11. The first kappa shape index (κ1) is 18.4. The molecule has 6 heteroatoms. The van der Waals surface area contributed by atoms with Crippen molar-refractivity contribution in [2.45, 2.75) is 13.3 Å². The number of carbonyl (C=O) groups is 1. The van der Waals surface area contributed by atoms with Crippen LogP contribution in [-0.4, -0.2) is 55.2 Å². The molecule has 3 rings (SSSR count). The monoisotopic (exact) mass is 354 g/mol. The Morgan fingerprint density at radius 3 is 2.62 bits per heavy atom. The van der Waals surface area contributed by atoms with Crippen molar-refractivity contribution in [1.82, 2.24) is 9.88 Å². The van der Waals surface area contributed by atoms with E-state index >= 15 is 0 Å². The van der Waals surface area contributed by atoms with E-state index in [1.165, 1.54) is 5.56 Å². The minimum atomic E-state index is -0.0608. The Hall–Kier alpha value is -2.44. The zero-order valence-corrected chi connectivity index (χ0v) is 15.2. The lowest BCUT2D eigenvalue weighted by Crippen LogP contribution is -2.39. The smallest absolute Gasteiger partial charge is 0.229 e. The van der Waals surface area contributed by atoms with Gasteiger partial charge in [-0.05, 0) is 24.6 Å². The van der Waals surface area contributed by atoms with E-state index in [1.54, 1.807) is 6.20 Å². The summed E-state index contributed by atoms with van der Waals surface area (Å²) < 4.78 is 5.35. The van der Waals surface area contributed by atoms with Crippen LogP contribution in [0.3, 0.4) is 0 Å². The number of nitrogens with one attached hydrogen (secondary N) is 2. The number of aromatic nitrogens is 1. The maximum atomic E-state index is 12.1. The summed E-state index contributed by atoms with van der Waals surface area (Å²) in [6.07, 6.45) is 2.10. The zero-order valence-electron chi connectivity index (χ0n) is 15.2. The average Bonchev–Trinajstić information content (AvgIpc) is 2.66. The molecule has 26 heavy (non-hydrogen) atoms. The molecule has 2 N–H and O–H groups in total.